The lowest BCUT2D eigenvalue weighted by Gasteiger charge is -2.30. The summed E-state index contributed by atoms with van der Waals surface area (Å²) in [6.45, 7) is 9.97. The van der Waals surface area contributed by atoms with Crippen LogP contribution in [0.5, 0.6) is 0 Å². The van der Waals surface area contributed by atoms with Crippen LogP contribution in [0.15, 0.2) is 29.3 Å². The van der Waals surface area contributed by atoms with Crippen molar-refractivity contribution in [1.29, 1.82) is 0 Å². The minimum Gasteiger partial charge on any atom is -0.356 e. The fourth-order valence-corrected chi connectivity index (χ4v) is 3.11. The molecular formula is C19H32N4. The third-order valence-electron chi connectivity index (χ3n) is 4.49. The van der Waals surface area contributed by atoms with E-state index in [9.17, 15) is 0 Å². The molecule has 1 aromatic carbocycles. The van der Waals surface area contributed by atoms with E-state index in [1.165, 1.54) is 43.6 Å². The Morgan fingerprint density at radius 2 is 2.04 bits per heavy atom. The Hall–Kier alpha value is -1.55. The second-order valence-electron chi connectivity index (χ2n) is 6.74. The Labute approximate surface area is 141 Å². The van der Waals surface area contributed by atoms with Crippen molar-refractivity contribution in [3.8, 4) is 0 Å². The van der Waals surface area contributed by atoms with E-state index in [2.05, 4.69) is 58.6 Å². The predicted octanol–water partition coefficient (Wildman–Crippen LogP) is 2.78. The molecule has 1 heterocycles. The molecule has 1 aromatic rings. The maximum atomic E-state index is 4.30. The van der Waals surface area contributed by atoms with Crippen LogP contribution in [0, 0.1) is 12.8 Å². The first-order valence-corrected chi connectivity index (χ1v) is 8.90. The lowest BCUT2D eigenvalue weighted by Crippen LogP contribution is -2.39. The summed E-state index contributed by atoms with van der Waals surface area (Å²) in [5.41, 5.74) is 2.57. The number of nitrogens with one attached hydrogen (secondary N) is 2. The number of aliphatic imine (C=N–C) groups is 1. The summed E-state index contributed by atoms with van der Waals surface area (Å²) in [4.78, 5) is 6.89. The van der Waals surface area contributed by atoms with Gasteiger partial charge in [-0.05, 0) is 50.8 Å². The van der Waals surface area contributed by atoms with E-state index < -0.39 is 0 Å². The minimum absolute atomic E-state index is 0.809. The van der Waals surface area contributed by atoms with Gasteiger partial charge in [-0.3, -0.25) is 4.99 Å². The molecule has 0 saturated carbocycles. The zero-order chi connectivity index (χ0) is 16.5. The van der Waals surface area contributed by atoms with Gasteiger partial charge in [-0.15, -0.1) is 0 Å². The van der Waals surface area contributed by atoms with Gasteiger partial charge in [-0.1, -0.05) is 36.8 Å². The van der Waals surface area contributed by atoms with Gasteiger partial charge < -0.3 is 15.5 Å². The van der Waals surface area contributed by atoms with Gasteiger partial charge in [0.2, 0.25) is 0 Å². The number of hydrogen-bond acceptors (Lipinski definition) is 2. The number of piperidine rings is 1. The summed E-state index contributed by atoms with van der Waals surface area (Å²) in [6.07, 6.45) is 3.91. The van der Waals surface area contributed by atoms with Crippen molar-refractivity contribution in [1.82, 2.24) is 15.5 Å². The van der Waals surface area contributed by atoms with E-state index in [1.807, 2.05) is 7.05 Å². The smallest absolute Gasteiger partial charge is 0.191 e. The van der Waals surface area contributed by atoms with Crippen LogP contribution in [0.1, 0.15) is 37.3 Å². The largest absolute Gasteiger partial charge is 0.356 e. The summed E-state index contributed by atoms with van der Waals surface area (Å²) in [5, 5.41) is 6.79. The van der Waals surface area contributed by atoms with Gasteiger partial charge >= 0.3 is 0 Å². The Bertz CT molecular complexity index is 481. The number of hydrogen-bond donors (Lipinski definition) is 2. The van der Waals surface area contributed by atoms with Crippen LogP contribution in [0.3, 0.4) is 0 Å². The molecule has 4 nitrogen and oxygen atoms in total. The average Bonchev–Trinajstić information content (AvgIpc) is 2.56. The average molecular weight is 316 g/mol. The Morgan fingerprint density at radius 1 is 1.26 bits per heavy atom. The molecule has 1 atom stereocenters. The summed E-state index contributed by atoms with van der Waals surface area (Å²) >= 11 is 0. The highest BCUT2D eigenvalue weighted by molar-refractivity contribution is 5.79. The Morgan fingerprint density at radius 3 is 2.74 bits per heavy atom. The van der Waals surface area contributed by atoms with E-state index in [1.54, 1.807) is 0 Å². The highest BCUT2D eigenvalue weighted by Gasteiger charge is 2.15. The summed E-state index contributed by atoms with van der Waals surface area (Å²) in [6, 6.07) is 8.61. The SMILES string of the molecule is CN=C(NCCCN1CCCC(C)C1)NCc1ccc(C)cc1. The molecule has 1 aliphatic heterocycles. The maximum Gasteiger partial charge on any atom is 0.191 e. The third kappa shape index (κ3) is 6.61. The quantitative estimate of drug-likeness (QED) is 0.482. The fraction of sp³-hybridized carbons (Fsp3) is 0.632. The molecule has 23 heavy (non-hydrogen) atoms. The molecule has 0 aromatic heterocycles. The van der Waals surface area contributed by atoms with Gasteiger partial charge in [-0.2, -0.15) is 0 Å². The van der Waals surface area contributed by atoms with Crippen LogP contribution in [0.2, 0.25) is 0 Å². The summed E-state index contributed by atoms with van der Waals surface area (Å²) in [5.74, 6) is 1.75. The van der Waals surface area contributed by atoms with E-state index in [0.29, 0.717) is 0 Å². The molecular weight excluding hydrogens is 284 g/mol. The number of aryl methyl sites for hydroxylation is 1. The van der Waals surface area contributed by atoms with Crippen LogP contribution in [0.25, 0.3) is 0 Å². The molecule has 4 heteroatoms. The number of likely N-dealkylation sites (tertiary alicyclic amines) is 1. The zero-order valence-electron chi connectivity index (χ0n) is 14.9. The number of benzene rings is 1. The maximum absolute atomic E-state index is 4.30. The van der Waals surface area contributed by atoms with Crippen molar-refractivity contribution in [3.05, 3.63) is 35.4 Å². The fourth-order valence-electron chi connectivity index (χ4n) is 3.11. The van der Waals surface area contributed by atoms with Crippen LogP contribution < -0.4 is 10.6 Å². The van der Waals surface area contributed by atoms with Crippen LogP contribution in [-0.2, 0) is 6.54 Å². The van der Waals surface area contributed by atoms with Crippen molar-refractivity contribution >= 4 is 5.96 Å². The Kier molecular flexibility index (Phi) is 7.40. The first-order valence-electron chi connectivity index (χ1n) is 8.90. The molecule has 128 valence electrons. The molecule has 1 aliphatic rings. The van der Waals surface area contributed by atoms with Crippen molar-refractivity contribution in [2.24, 2.45) is 10.9 Å². The monoisotopic (exact) mass is 316 g/mol. The minimum atomic E-state index is 0.809. The normalized spacial score (nSPS) is 19.6. The molecule has 2 rings (SSSR count). The molecule has 0 amide bonds. The lowest BCUT2D eigenvalue weighted by molar-refractivity contribution is 0.182. The van der Waals surface area contributed by atoms with Crippen LogP contribution >= 0.6 is 0 Å². The van der Waals surface area contributed by atoms with Crippen molar-refractivity contribution in [2.75, 3.05) is 33.2 Å². The first-order chi connectivity index (χ1) is 11.2. The molecule has 0 aliphatic carbocycles. The first kappa shape index (κ1) is 17.8. The van der Waals surface area contributed by atoms with E-state index in [0.717, 1.165) is 31.4 Å². The van der Waals surface area contributed by atoms with Crippen molar-refractivity contribution in [3.63, 3.8) is 0 Å². The molecule has 1 unspecified atom stereocenters. The highest BCUT2D eigenvalue weighted by Crippen LogP contribution is 2.15. The van der Waals surface area contributed by atoms with Crippen molar-refractivity contribution in [2.45, 2.75) is 39.7 Å². The predicted molar refractivity (Wildman–Crippen MR) is 98.8 cm³/mol. The molecule has 0 radical (unpaired) electrons. The summed E-state index contributed by atoms with van der Waals surface area (Å²) < 4.78 is 0. The van der Waals surface area contributed by atoms with Crippen LogP contribution in [0.4, 0.5) is 0 Å². The van der Waals surface area contributed by atoms with Crippen LogP contribution in [-0.4, -0.2) is 44.1 Å². The molecule has 0 spiro atoms. The standard InChI is InChI=1S/C19H32N4/c1-16-7-9-18(10-8-16)14-22-19(20-3)21-11-5-13-23-12-4-6-17(2)15-23/h7-10,17H,4-6,11-15H2,1-3H3,(H2,20,21,22). The molecule has 0 bridgehead atoms. The molecule has 2 N–H and O–H groups in total. The number of rotatable bonds is 6. The zero-order valence-corrected chi connectivity index (χ0v) is 14.9. The summed E-state index contributed by atoms with van der Waals surface area (Å²) in [7, 11) is 1.83. The van der Waals surface area contributed by atoms with E-state index >= 15 is 0 Å². The third-order valence-corrected chi connectivity index (χ3v) is 4.49. The van der Waals surface area contributed by atoms with Gasteiger partial charge in [-0.25, -0.2) is 0 Å². The van der Waals surface area contributed by atoms with E-state index in [-0.39, 0.29) is 0 Å². The van der Waals surface area contributed by atoms with E-state index in [4.69, 9.17) is 0 Å². The number of guanidine groups is 1. The highest BCUT2D eigenvalue weighted by atomic mass is 15.2. The van der Waals surface area contributed by atoms with Gasteiger partial charge in [0.05, 0.1) is 0 Å². The Balaban J connectivity index is 1.62. The van der Waals surface area contributed by atoms with Crippen molar-refractivity contribution < 1.29 is 0 Å². The molecule has 1 fully saturated rings. The van der Waals surface area contributed by atoms with Gasteiger partial charge in [0, 0.05) is 26.7 Å². The topological polar surface area (TPSA) is 39.7 Å². The second-order valence-corrected chi connectivity index (χ2v) is 6.74. The van der Waals surface area contributed by atoms with Gasteiger partial charge in [0.15, 0.2) is 5.96 Å². The lowest BCUT2D eigenvalue weighted by atomic mass is 10.0. The molecule has 1 saturated heterocycles. The number of nitrogens with zero attached hydrogens (tertiary/aromatic N) is 2. The second kappa shape index (κ2) is 9.56. The van der Waals surface area contributed by atoms with Gasteiger partial charge in [0.1, 0.15) is 0 Å². The van der Waals surface area contributed by atoms with Gasteiger partial charge in [0.25, 0.3) is 0 Å².